The van der Waals surface area contributed by atoms with Crippen LogP contribution in [0.5, 0.6) is 0 Å². The van der Waals surface area contributed by atoms with Crippen LogP contribution in [0.15, 0.2) is 0 Å². The van der Waals surface area contributed by atoms with Crippen LogP contribution in [-0.2, 0) is 0 Å². The summed E-state index contributed by atoms with van der Waals surface area (Å²) in [5, 5.41) is 13.8. The summed E-state index contributed by atoms with van der Waals surface area (Å²) in [4.78, 5) is 0. The third kappa shape index (κ3) is 0.556. The van der Waals surface area contributed by atoms with Gasteiger partial charge in [-0.25, -0.2) is 0 Å². The van der Waals surface area contributed by atoms with Gasteiger partial charge in [0.15, 0.2) is 0 Å². The van der Waals surface area contributed by atoms with E-state index in [4.69, 9.17) is 0 Å². The van der Waals surface area contributed by atoms with Gasteiger partial charge in [-0.2, -0.15) is 0 Å². The van der Waals surface area contributed by atoms with Gasteiger partial charge in [-0.15, -0.1) is 0 Å². The standard InChI is InChI=1S/C11H17NO/c1-5-6-2-3-7(5)11(10(6)13)4-8-9(11)12-8/h5-10,12-13H,2-4H2,1H3. The highest BCUT2D eigenvalue weighted by Gasteiger charge is 2.76. The van der Waals surface area contributed by atoms with Crippen molar-refractivity contribution >= 4 is 0 Å². The zero-order chi connectivity index (χ0) is 8.79. The summed E-state index contributed by atoms with van der Waals surface area (Å²) in [6.45, 7) is 2.36. The number of aliphatic hydroxyl groups is 1. The van der Waals surface area contributed by atoms with E-state index in [0.717, 1.165) is 17.9 Å². The smallest absolute Gasteiger partial charge is 0.0646 e. The van der Waals surface area contributed by atoms with Crippen LogP contribution in [0.4, 0.5) is 0 Å². The van der Waals surface area contributed by atoms with Gasteiger partial charge in [0, 0.05) is 17.5 Å². The molecule has 2 nitrogen and oxygen atoms in total. The fourth-order valence-electron chi connectivity index (χ4n) is 4.93. The largest absolute Gasteiger partial charge is 0.392 e. The van der Waals surface area contributed by atoms with Gasteiger partial charge in [0.05, 0.1) is 6.10 Å². The van der Waals surface area contributed by atoms with Gasteiger partial charge in [-0.1, -0.05) is 6.92 Å². The van der Waals surface area contributed by atoms with Gasteiger partial charge in [0.2, 0.25) is 0 Å². The minimum Gasteiger partial charge on any atom is -0.392 e. The van der Waals surface area contributed by atoms with Crippen molar-refractivity contribution in [2.45, 2.75) is 44.4 Å². The first-order chi connectivity index (χ1) is 6.25. The Kier molecular flexibility index (Phi) is 1.02. The molecule has 4 aliphatic rings. The van der Waals surface area contributed by atoms with Crippen LogP contribution in [0.1, 0.15) is 26.2 Å². The number of nitrogens with one attached hydrogen (secondary N) is 1. The molecule has 7 atom stereocenters. The van der Waals surface area contributed by atoms with E-state index in [1.807, 2.05) is 0 Å². The molecule has 1 saturated heterocycles. The molecule has 0 aromatic rings. The molecule has 2 bridgehead atoms. The minimum absolute atomic E-state index is 0.0255. The molecule has 13 heavy (non-hydrogen) atoms. The molecule has 1 spiro atoms. The quantitative estimate of drug-likeness (QED) is 0.539. The first kappa shape index (κ1) is 7.24. The molecule has 7 unspecified atom stereocenters. The minimum atomic E-state index is 0.0255. The van der Waals surface area contributed by atoms with Crippen LogP contribution in [-0.4, -0.2) is 23.3 Å². The van der Waals surface area contributed by atoms with Crippen LogP contribution < -0.4 is 5.32 Å². The van der Waals surface area contributed by atoms with Crippen molar-refractivity contribution < 1.29 is 5.11 Å². The first-order valence-corrected chi connectivity index (χ1v) is 5.69. The van der Waals surface area contributed by atoms with Crippen molar-refractivity contribution in [1.82, 2.24) is 5.32 Å². The highest BCUT2D eigenvalue weighted by molar-refractivity contribution is 5.30. The van der Waals surface area contributed by atoms with Gasteiger partial charge in [-0.3, -0.25) is 0 Å². The second kappa shape index (κ2) is 1.82. The molecule has 0 radical (unpaired) electrons. The molecule has 4 rings (SSSR count). The molecule has 3 saturated carbocycles. The predicted molar refractivity (Wildman–Crippen MR) is 49.1 cm³/mol. The van der Waals surface area contributed by atoms with Gasteiger partial charge in [0.1, 0.15) is 0 Å². The lowest BCUT2D eigenvalue weighted by atomic mass is 9.58. The predicted octanol–water partition coefficient (Wildman–Crippen LogP) is 0.754. The maximum absolute atomic E-state index is 10.3. The van der Waals surface area contributed by atoms with Crippen LogP contribution in [0, 0.1) is 23.2 Å². The summed E-state index contributed by atoms with van der Waals surface area (Å²) < 4.78 is 0. The molecule has 0 aromatic carbocycles. The molecule has 0 aromatic heterocycles. The van der Waals surface area contributed by atoms with Crippen molar-refractivity contribution in [3.05, 3.63) is 0 Å². The average molecular weight is 179 g/mol. The van der Waals surface area contributed by atoms with Gasteiger partial charge < -0.3 is 10.4 Å². The van der Waals surface area contributed by atoms with Gasteiger partial charge in [-0.05, 0) is 37.0 Å². The summed E-state index contributed by atoms with van der Waals surface area (Å²) in [5.41, 5.74) is 0.340. The molecule has 72 valence electrons. The van der Waals surface area contributed by atoms with E-state index < -0.39 is 0 Å². The second-order valence-corrected chi connectivity index (χ2v) is 5.72. The van der Waals surface area contributed by atoms with Crippen molar-refractivity contribution in [3.8, 4) is 0 Å². The Hall–Kier alpha value is -0.0800. The van der Waals surface area contributed by atoms with Crippen LogP contribution in [0.25, 0.3) is 0 Å². The van der Waals surface area contributed by atoms with Gasteiger partial charge >= 0.3 is 0 Å². The van der Waals surface area contributed by atoms with Crippen molar-refractivity contribution in [3.63, 3.8) is 0 Å². The van der Waals surface area contributed by atoms with Crippen molar-refractivity contribution in [1.29, 1.82) is 0 Å². The van der Waals surface area contributed by atoms with Crippen LogP contribution in [0.3, 0.4) is 0 Å². The Bertz CT molecular complexity index is 279. The number of fused-ring (bicyclic) bond motifs is 5. The molecular formula is C11H17NO. The zero-order valence-corrected chi connectivity index (χ0v) is 8.03. The molecule has 2 N–H and O–H groups in total. The molecule has 0 amide bonds. The maximum Gasteiger partial charge on any atom is 0.0646 e. The first-order valence-electron chi connectivity index (χ1n) is 5.69. The van der Waals surface area contributed by atoms with Crippen LogP contribution in [0.2, 0.25) is 0 Å². The number of hydrogen-bond acceptors (Lipinski definition) is 2. The van der Waals surface area contributed by atoms with E-state index in [9.17, 15) is 5.11 Å². The normalized spacial score (nSPS) is 72.5. The fourth-order valence-corrected chi connectivity index (χ4v) is 4.93. The van der Waals surface area contributed by atoms with Crippen molar-refractivity contribution in [2.75, 3.05) is 0 Å². The molecule has 4 fully saturated rings. The summed E-state index contributed by atoms with van der Waals surface area (Å²) in [6.07, 6.45) is 3.96. The summed E-state index contributed by atoms with van der Waals surface area (Å²) in [5.74, 6) is 2.26. The van der Waals surface area contributed by atoms with E-state index in [1.165, 1.54) is 19.3 Å². The molecular weight excluding hydrogens is 162 g/mol. The Labute approximate surface area is 78.7 Å². The third-order valence-corrected chi connectivity index (χ3v) is 5.61. The third-order valence-electron chi connectivity index (χ3n) is 5.61. The Morgan fingerprint density at radius 2 is 2.23 bits per heavy atom. The van der Waals surface area contributed by atoms with E-state index >= 15 is 0 Å². The average Bonchev–Trinajstić information content (AvgIpc) is 2.55. The fraction of sp³-hybridized carbons (Fsp3) is 1.00. The Morgan fingerprint density at radius 3 is 2.69 bits per heavy atom. The lowest BCUT2D eigenvalue weighted by molar-refractivity contribution is -0.0523. The highest BCUT2D eigenvalue weighted by atomic mass is 16.3. The zero-order valence-electron chi connectivity index (χ0n) is 8.03. The Morgan fingerprint density at radius 1 is 1.38 bits per heavy atom. The lowest BCUT2D eigenvalue weighted by Crippen LogP contribution is -2.52. The van der Waals surface area contributed by atoms with Crippen LogP contribution >= 0.6 is 0 Å². The molecule has 1 heterocycles. The monoisotopic (exact) mass is 179 g/mol. The second-order valence-electron chi connectivity index (χ2n) is 5.72. The number of hydrogen-bond donors (Lipinski definition) is 2. The topological polar surface area (TPSA) is 42.2 Å². The summed E-state index contributed by atoms with van der Waals surface area (Å²) >= 11 is 0. The van der Waals surface area contributed by atoms with E-state index in [0.29, 0.717) is 17.4 Å². The van der Waals surface area contributed by atoms with E-state index in [2.05, 4.69) is 12.2 Å². The van der Waals surface area contributed by atoms with Crippen molar-refractivity contribution in [2.24, 2.45) is 23.2 Å². The van der Waals surface area contributed by atoms with Gasteiger partial charge in [0.25, 0.3) is 0 Å². The van der Waals surface area contributed by atoms with E-state index in [1.54, 1.807) is 0 Å². The summed E-state index contributed by atoms with van der Waals surface area (Å²) in [7, 11) is 0. The highest BCUT2D eigenvalue weighted by Crippen LogP contribution is 2.70. The molecule has 1 aliphatic heterocycles. The number of rotatable bonds is 0. The molecule has 3 aliphatic carbocycles. The maximum atomic E-state index is 10.3. The summed E-state index contributed by atoms with van der Waals surface area (Å²) in [6, 6.07) is 1.50. The molecule has 2 heteroatoms. The number of aliphatic hydroxyl groups excluding tert-OH is 1. The lowest BCUT2D eigenvalue weighted by Gasteiger charge is -2.46. The Balaban J connectivity index is 1.78. The van der Waals surface area contributed by atoms with E-state index in [-0.39, 0.29) is 6.10 Å². The SMILES string of the molecule is CC1C2CCC1C1(CC3NC31)C2O.